The van der Waals surface area contributed by atoms with Crippen LogP contribution in [0.4, 0.5) is 5.69 Å². The van der Waals surface area contributed by atoms with Crippen LogP contribution in [-0.2, 0) is 0 Å². The number of nitrogens with two attached hydrogens (primary N) is 1. The number of nitrogens with one attached hydrogen (secondary N) is 1. The Morgan fingerprint density at radius 3 is 2.52 bits per heavy atom. The second-order valence-corrected chi connectivity index (χ2v) is 4.78. The maximum atomic E-state index is 12.1. The quantitative estimate of drug-likeness (QED) is 0.738. The highest BCUT2D eigenvalue weighted by molar-refractivity contribution is 7.80. The van der Waals surface area contributed by atoms with Crippen LogP contribution in [-0.4, -0.2) is 22.6 Å². The van der Waals surface area contributed by atoms with E-state index in [9.17, 15) is 9.90 Å². The largest absolute Gasteiger partial charge is 0.508 e. The van der Waals surface area contributed by atoms with Gasteiger partial charge in [-0.1, -0.05) is 24.4 Å². The van der Waals surface area contributed by atoms with Crippen molar-refractivity contribution in [1.82, 2.24) is 0 Å². The Morgan fingerprint density at radius 2 is 1.86 bits per heavy atom. The monoisotopic (exact) mass is 302 g/mol. The second kappa shape index (κ2) is 6.71. The van der Waals surface area contributed by atoms with Gasteiger partial charge in [-0.25, -0.2) is 0 Å². The zero-order valence-electron chi connectivity index (χ0n) is 11.1. The molecular formula is C15H14N2O3S. The third-order valence-corrected chi connectivity index (χ3v) is 2.75. The summed E-state index contributed by atoms with van der Waals surface area (Å²) in [5.41, 5.74) is 6.34. The van der Waals surface area contributed by atoms with Gasteiger partial charge in [-0.3, -0.25) is 4.79 Å². The summed E-state index contributed by atoms with van der Waals surface area (Å²) in [6.07, 6.45) is 0. The SMILES string of the molecule is NC(=S)COc1ccccc1NC(=O)c1ccc(O)cc1. The summed E-state index contributed by atoms with van der Waals surface area (Å²) in [4.78, 5) is 12.3. The highest BCUT2D eigenvalue weighted by Gasteiger charge is 2.10. The summed E-state index contributed by atoms with van der Waals surface area (Å²) in [7, 11) is 0. The minimum atomic E-state index is -0.304. The molecule has 0 saturated heterocycles. The van der Waals surface area contributed by atoms with Gasteiger partial charge in [-0.05, 0) is 36.4 Å². The van der Waals surface area contributed by atoms with E-state index in [2.05, 4.69) is 5.32 Å². The maximum absolute atomic E-state index is 12.1. The average molecular weight is 302 g/mol. The van der Waals surface area contributed by atoms with Crippen molar-refractivity contribution < 1.29 is 14.6 Å². The first kappa shape index (κ1) is 14.8. The molecule has 2 rings (SSSR count). The first-order valence-electron chi connectivity index (χ1n) is 6.17. The average Bonchev–Trinajstić information content (AvgIpc) is 2.47. The summed E-state index contributed by atoms with van der Waals surface area (Å²) >= 11 is 4.76. The van der Waals surface area contributed by atoms with Gasteiger partial charge in [-0.2, -0.15) is 0 Å². The Morgan fingerprint density at radius 1 is 1.19 bits per heavy atom. The topological polar surface area (TPSA) is 84.6 Å². The Labute approximate surface area is 127 Å². The van der Waals surface area contributed by atoms with Crippen LogP contribution in [0.3, 0.4) is 0 Å². The predicted octanol–water partition coefficient (Wildman–Crippen LogP) is 2.31. The van der Waals surface area contributed by atoms with E-state index in [0.29, 0.717) is 17.0 Å². The van der Waals surface area contributed by atoms with Crippen LogP contribution >= 0.6 is 12.2 Å². The number of para-hydroxylation sites is 2. The fourth-order valence-corrected chi connectivity index (χ4v) is 1.71. The molecule has 0 aliphatic carbocycles. The lowest BCUT2D eigenvalue weighted by molar-refractivity contribution is 0.102. The number of ether oxygens (including phenoxy) is 1. The number of anilines is 1. The molecule has 108 valence electrons. The van der Waals surface area contributed by atoms with Crippen molar-refractivity contribution in [2.24, 2.45) is 5.73 Å². The minimum Gasteiger partial charge on any atom is -0.508 e. The maximum Gasteiger partial charge on any atom is 0.255 e. The van der Waals surface area contributed by atoms with Crippen LogP contribution in [0.5, 0.6) is 11.5 Å². The molecule has 0 spiro atoms. The minimum absolute atomic E-state index is 0.0986. The van der Waals surface area contributed by atoms with Crippen molar-refractivity contribution in [1.29, 1.82) is 0 Å². The van der Waals surface area contributed by atoms with Crippen LogP contribution in [0.1, 0.15) is 10.4 Å². The van der Waals surface area contributed by atoms with Crippen molar-refractivity contribution in [2.75, 3.05) is 11.9 Å². The molecule has 21 heavy (non-hydrogen) atoms. The number of phenolic OH excluding ortho intramolecular Hbond substituents is 1. The third-order valence-electron chi connectivity index (χ3n) is 2.63. The number of benzene rings is 2. The van der Waals surface area contributed by atoms with Crippen molar-refractivity contribution in [3.63, 3.8) is 0 Å². The van der Waals surface area contributed by atoms with Crippen LogP contribution in [0.25, 0.3) is 0 Å². The third kappa shape index (κ3) is 4.19. The number of phenols is 1. The fourth-order valence-electron chi connectivity index (χ4n) is 1.65. The Kier molecular flexibility index (Phi) is 4.73. The zero-order chi connectivity index (χ0) is 15.2. The second-order valence-electron chi connectivity index (χ2n) is 4.25. The Bertz CT molecular complexity index is 656. The molecule has 6 heteroatoms. The summed E-state index contributed by atoms with van der Waals surface area (Å²) in [6, 6.07) is 12.9. The molecule has 0 atom stereocenters. The van der Waals surface area contributed by atoms with Gasteiger partial charge >= 0.3 is 0 Å². The molecule has 0 heterocycles. The summed E-state index contributed by atoms with van der Waals surface area (Å²) < 4.78 is 5.43. The smallest absolute Gasteiger partial charge is 0.255 e. The van der Waals surface area contributed by atoms with Gasteiger partial charge in [0.05, 0.1) is 5.69 Å². The van der Waals surface area contributed by atoms with Crippen LogP contribution < -0.4 is 15.8 Å². The Hall–Kier alpha value is -2.60. The lowest BCUT2D eigenvalue weighted by Crippen LogP contribution is -2.19. The first-order chi connectivity index (χ1) is 10.1. The van der Waals surface area contributed by atoms with Crippen molar-refractivity contribution in [2.45, 2.75) is 0 Å². The highest BCUT2D eigenvalue weighted by Crippen LogP contribution is 2.24. The highest BCUT2D eigenvalue weighted by atomic mass is 32.1. The predicted molar refractivity (Wildman–Crippen MR) is 84.8 cm³/mol. The number of carbonyl (C=O) groups excluding carboxylic acids is 1. The first-order valence-corrected chi connectivity index (χ1v) is 6.57. The molecule has 0 bridgehead atoms. The van der Waals surface area contributed by atoms with Gasteiger partial charge in [0.1, 0.15) is 23.1 Å². The van der Waals surface area contributed by atoms with E-state index in [1.807, 2.05) is 0 Å². The van der Waals surface area contributed by atoms with Gasteiger partial charge in [0, 0.05) is 5.56 Å². The fraction of sp³-hybridized carbons (Fsp3) is 0.0667. The summed E-state index contributed by atoms with van der Waals surface area (Å²) in [6.45, 7) is 0.0986. The van der Waals surface area contributed by atoms with E-state index in [-0.39, 0.29) is 23.3 Å². The number of aromatic hydroxyl groups is 1. The van der Waals surface area contributed by atoms with Crippen molar-refractivity contribution in [3.05, 3.63) is 54.1 Å². The normalized spacial score (nSPS) is 9.90. The molecule has 0 unspecified atom stereocenters. The molecule has 4 N–H and O–H groups in total. The van der Waals surface area contributed by atoms with E-state index in [0.717, 1.165) is 0 Å². The molecule has 0 fully saturated rings. The lowest BCUT2D eigenvalue weighted by atomic mass is 10.2. The van der Waals surface area contributed by atoms with Crippen molar-refractivity contribution >= 4 is 28.8 Å². The lowest BCUT2D eigenvalue weighted by Gasteiger charge is -2.12. The molecule has 0 aromatic heterocycles. The molecule has 0 saturated carbocycles. The molecule has 2 aromatic carbocycles. The summed E-state index contributed by atoms with van der Waals surface area (Å²) in [5.74, 6) is 0.283. The standard InChI is InChI=1S/C15H14N2O3S/c16-14(21)9-20-13-4-2-1-3-12(13)17-15(19)10-5-7-11(18)8-6-10/h1-8,18H,9H2,(H2,16,21)(H,17,19). The van der Waals surface area contributed by atoms with Gasteiger partial charge in [0.25, 0.3) is 5.91 Å². The zero-order valence-corrected chi connectivity index (χ0v) is 11.9. The molecule has 1 amide bonds. The number of rotatable bonds is 5. The molecule has 2 aromatic rings. The van der Waals surface area contributed by atoms with Gasteiger partial charge in [-0.15, -0.1) is 0 Å². The number of hydrogen-bond acceptors (Lipinski definition) is 4. The molecule has 0 radical (unpaired) electrons. The van der Waals surface area contributed by atoms with E-state index >= 15 is 0 Å². The van der Waals surface area contributed by atoms with E-state index in [4.69, 9.17) is 22.7 Å². The molecule has 0 aliphatic rings. The van der Waals surface area contributed by atoms with Crippen LogP contribution in [0, 0.1) is 0 Å². The van der Waals surface area contributed by atoms with Crippen LogP contribution in [0.15, 0.2) is 48.5 Å². The van der Waals surface area contributed by atoms with Gasteiger partial charge < -0.3 is 20.9 Å². The number of thiocarbonyl (C=S) groups is 1. The molecular weight excluding hydrogens is 288 g/mol. The van der Waals surface area contributed by atoms with Crippen LogP contribution in [0.2, 0.25) is 0 Å². The molecule has 5 nitrogen and oxygen atoms in total. The van der Waals surface area contributed by atoms with E-state index in [1.54, 1.807) is 24.3 Å². The van der Waals surface area contributed by atoms with E-state index in [1.165, 1.54) is 24.3 Å². The molecule has 0 aliphatic heterocycles. The van der Waals surface area contributed by atoms with Crippen molar-refractivity contribution in [3.8, 4) is 11.5 Å². The van der Waals surface area contributed by atoms with Gasteiger partial charge in [0.15, 0.2) is 0 Å². The number of carbonyl (C=O) groups is 1. The Balaban J connectivity index is 2.13. The van der Waals surface area contributed by atoms with Gasteiger partial charge in [0.2, 0.25) is 0 Å². The number of hydrogen-bond donors (Lipinski definition) is 3. The van der Waals surface area contributed by atoms with E-state index < -0.39 is 0 Å². The summed E-state index contributed by atoms with van der Waals surface area (Å²) in [5, 5.41) is 12.0. The number of amides is 1.